The maximum Gasteiger partial charge on any atom is 0.318 e. The molecule has 20 heteroatoms. The molecule has 0 fully saturated rings. The number of esters is 6. The van der Waals surface area contributed by atoms with Crippen molar-refractivity contribution in [2.24, 2.45) is 37.9 Å². The van der Waals surface area contributed by atoms with Crippen LogP contribution in [0, 0.1) is 37.9 Å². The second-order valence-corrected chi connectivity index (χ2v) is 21.4. The first-order valence-corrected chi connectivity index (χ1v) is 25.8. The molecule has 20 nitrogen and oxygen atoms in total. The number of hydrogen-bond donors (Lipinski definition) is 0. The third-order valence-corrected chi connectivity index (χ3v) is 11.5. The van der Waals surface area contributed by atoms with Crippen LogP contribution in [0.2, 0.25) is 0 Å². The average molecular weight is 1120 g/mol. The summed E-state index contributed by atoms with van der Waals surface area (Å²) in [4.78, 5) is 84.2. The zero-order valence-electron chi connectivity index (χ0n) is 48.5. The molecule has 79 heavy (non-hydrogen) atoms. The zero-order chi connectivity index (χ0) is 60.1. The quantitative estimate of drug-likeness (QED) is 0.0260. The highest BCUT2D eigenvalue weighted by atomic mass is 16.6. The minimum atomic E-state index is -1.84. The van der Waals surface area contributed by atoms with Gasteiger partial charge in [-0.1, -0.05) is 62.5 Å². The monoisotopic (exact) mass is 1120 g/mol. The van der Waals surface area contributed by atoms with Crippen molar-refractivity contribution in [2.45, 2.75) is 55.4 Å². The van der Waals surface area contributed by atoms with Gasteiger partial charge in [-0.25, -0.2) is 0 Å². The van der Waals surface area contributed by atoms with Crippen LogP contribution in [0.5, 0.6) is 0 Å². The Morgan fingerprint density at radius 2 is 0.367 bits per heavy atom. The molecular formula is C59H92O20. The third-order valence-electron chi connectivity index (χ3n) is 11.5. The van der Waals surface area contributed by atoms with E-state index in [0.717, 1.165) is 0 Å². The van der Waals surface area contributed by atoms with Gasteiger partial charge in [0.05, 0.1) is 119 Å². The minimum Gasteiger partial charge on any atom is -0.464 e. The topological polar surface area (TPSA) is 232 Å². The van der Waals surface area contributed by atoms with E-state index in [1.165, 1.54) is 62.5 Å². The molecule has 0 aromatic carbocycles. The van der Waals surface area contributed by atoms with E-state index in [1.807, 2.05) is 0 Å². The molecule has 0 N–H and O–H groups in total. The molecule has 0 rings (SSSR count). The summed E-state index contributed by atoms with van der Waals surface area (Å²) in [7, 11) is 0. The maximum absolute atomic E-state index is 14.4. The summed E-state index contributed by atoms with van der Waals surface area (Å²) in [6.45, 7) is 38.0. The predicted molar refractivity (Wildman–Crippen MR) is 296 cm³/mol. The van der Waals surface area contributed by atoms with Crippen LogP contribution in [-0.4, -0.2) is 181 Å². The molecule has 0 aliphatic heterocycles. The molecule has 0 unspecified atom stereocenters. The van der Waals surface area contributed by atoms with Crippen LogP contribution in [0.1, 0.15) is 55.4 Å². The molecule has 0 heterocycles. The lowest BCUT2D eigenvalue weighted by molar-refractivity contribution is -0.183. The van der Waals surface area contributed by atoms with Crippen LogP contribution in [0.15, 0.2) is 101 Å². The van der Waals surface area contributed by atoms with E-state index in [0.29, 0.717) is 0 Å². The van der Waals surface area contributed by atoms with Gasteiger partial charge < -0.3 is 66.3 Å². The van der Waals surface area contributed by atoms with Gasteiger partial charge in [-0.15, -0.1) is 52.6 Å². The van der Waals surface area contributed by atoms with E-state index in [4.69, 9.17) is 66.3 Å². The van der Waals surface area contributed by atoms with Crippen LogP contribution >= 0.6 is 0 Å². The van der Waals surface area contributed by atoms with Crippen LogP contribution in [0.4, 0.5) is 0 Å². The summed E-state index contributed by atoms with van der Waals surface area (Å²) < 4.78 is 79.9. The predicted octanol–water partition coefficient (Wildman–Crippen LogP) is 6.93. The summed E-state index contributed by atoms with van der Waals surface area (Å²) in [6.07, 6.45) is 12.1. The normalized spacial score (nSPS) is 12.3. The summed E-state index contributed by atoms with van der Waals surface area (Å²) in [6, 6.07) is 0. The molecule has 0 aromatic rings. The van der Waals surface area contributed by atoms with Crippen molar-refractivity contribution in [2.75, 3.05) is 145 Å². The first kappa shape index (κ1) is 73.4. The van der Waals surface area contributed by atoms with E-state index >= 15 is 0 Å². The SMILES string of the molecule is C=CCOCC(C)(COCC=C)C(=O)OCC(C)(COC(=O)C(C)(COCC=C)COCC=C)C(=O)OCC(C)(C)COC(=O)C(C)(COC(=O)C(C)(COCC=C)COCC=C)COC(=O)C(C)(COCC=C)COCC=C. The Morgan fingerprint density at radius 3 is 0.506 bits per heavy atom. The van der Waals surface area contributed by atoms with Crippen molar-refractivity contribution in [3.05, 3.63) is 101 Å². The molecule has 448 valence electrons. The smallest absolute Gasteiger partial charge is 0.318 e. The highest BCUT2D eigenvalue weighted by Gasteiger charge is 2.47. The van der Waals surface area contributed by atoms with Crippen LogP contribution in [0.25, 0.3) is 0 Å². The molecule has 0 saturated carbocycles. The Kier molecular flexibility index (Phi) is 35.4. The number of ether oxygens (including phenoxy) is 14. The number of rotatable bonds is 50. The largest absolute Gasteiger partial charge is 0.464 e. The first-order valence-electron chi connectivity index (χ1n) is 25.8. The molecule has 0 saturated heterocycles. The summed E-state index contributed by atoms with van der Waals surface area (Å²) in [5, 5.41) is 0. The lowest BCUT2D eigenvalue weighted by Gasteiger charge is -2.34. The molecule has 0 aromatic heterocycles. The van der Waals surface area contributed by atoms with Crippen molar-refractivity contribution in [3.63, 3.8) is 0 Å². The van der Waals surface area contributed by atoms with Crippen LogP contribution in [0.3, 0.4) is 0 Å². The first-order chi connectivity index (χ1) is 37.3. The third kappa shape index (κ3) is 27.4. The summed E-state index contributed by atoms with van der Waals surface area (Å²) in [5.41, 5.74) is -10.3. The van der Waals surface area contributed by atoms with Crippen LogP contribution < -0.4 is 0 Å². The van der Waals surface area contributed by atoms with Crippen molar-refractivity contribution >= 4 is 35.8 Å². The highest BCUT2D eigenvalue weighted by molar-refractivity contribution is 5.82. The molecule has 0 amide bonds. The fourth-order valence-electron chi connectivity index (χ4n) is 6.41. The molecule has 0 atom stereocenters. The van der Waals surface area contributed by atoms with Gasteiger partial charge in [0.25, 0.3) is 0 Å². The van der Waals surface area contributed by atoms with Gasteiger partial charge >= 0.3 is 35.8 Å². The number of carbonyl (C=O) groups is 6. The molecule has 0 bridgehead atoms. The molecule has 0 aliphatic rings. The van der Waals surface area contributed by atoms with E-state index in [-0.39, 0.29) is 106 Å². The van der Waals surface area contributed by atoms with Gasteiger partial charge in [0.2, 0.25) is 0 Å². The van der Waals surface area contributed by atoms with Crippen LogP contribution in [-0.2, 0) is 95.1 Å². The fourth-order valence-corrected chi connectivity index (χ4v) is 6.41. The molecule has 0 radical (unpaired) electrons. The lowest BCUT2D eigenvalue weighted by Crippen LogP contribution is -2.47. The van der Waals surface area contributed by atoms with Gasteiger partial charge in [0.1, 0.15) is 58.9 Å². The van der Waals surface area contributed by atoms with Gasteiger partial charge in [-0.3, -0.25) is 28.8 Å². The van der Waals surface area contributed by atoms with E-state index in [1.54, 1.807) is 41.5 Å². The lowest BCUT2D eigenvalue weighted by atomic mass is 9.89. The van der Waals surface area contributed by atoms with Gasteiger partial charge in [0, 0.05) is 5.41 Å². The van der Waals surface area contributed by atoms with Crippen molar-refractivity contribution in [3.8, 4) is 0 Å². The Labute approximate surface area is 469 Å². The molecule has 0 spiro atoms. The van der Waals surface area contributed by atoms with Gasteiger partial charge in [0.15, 0.2) is 0 Å². The Hall–Kier alpha value is -5.58. The fraction of sp³-hybridized carbons (Fsp3) is 0.627. The maximum atomic E-state index is 14.4. The minimum absolute atomic E-state index is 0.124. The number of hydrogen-bond acceptors (Lipinski definition) is 20. The van der Waals surface area contributed by atoms with Crippen molar-refractivity contribution in [1.29, 1.82) is 0 Å². The van der Waals surface area contributed by atoms with Gasteiger partial charge in [-0.05, 0) is 41.5 Å². The van der Waals surface area contributed by atoms with E-state index in [9.17, 15) is 28.8 Å². The molecule has 0 aliphatic carbocycles. The van der Waals surface area contributed by atoms with E-state index < -0.39 is 113 Å². The van der Waals surface area contributed by atoms with Crippen molar-refractivity contribution < 1.29 is 95.1 Å². The second kappa shape index (κ2) is 38.1. The standard InChI is InChI=1S/C59H92O20/c1-17-25-66-35-54(11,36-67-26-18-2)47(60)76-43-58(15,44-77-48(61)55(12,37-68-27-19-3)38-69-28-20-4)51(64)74-33-53(9,10)34-75-52(65)59(16,45-78-49(62)56(13,39-70-29-21-5)40-71-30-22-6)46-79-50(63)57(14,41-72-31-23-7)42-73-32-24-8/h17-24H,1-8,25-46H2,9-16H3. The summed E-state index contributed by atoms with van der Waals surface area (Å²) in [5.74, 6) is -5.09. The van der Waals surface area contributed by atoms with Gasteiger partial charge in [-0.2, -0.15) is 0 Å². The average Bonchev–Trinajstić information content (AvgIpc) is 3.42. The summed E-state index contributed by atoms with van der Waals surface area (Å²) >= 11 is 0. The highest BCUT2D eigenvalue weighted by Crippen LogP contribution is 2.31. The Morgan fingerprint density at radius 1 is 0.241 bits per heavy atom. The zero-order valence-corrected chi connectivity index (χ0v) is 48.5. The molecular weight excluding hydrogens is 1030 g/mol. The van der Waals surface area contributed by atoms with Crippen molar-refractivity contribution in [1.82, 2.24) is 0 Å². The second-order valence-electron chi connectivity index (χ2n) is 21.4. The Balaban J connectivity index is 6.99. The van der Waals surface area contributed by atoms with E-state index in [2.05, 4.69) is 52.6 Å². The Bertz CT molecular complexity index is 1670. The number of carbonyl (C=O) groups excluding carboxylic acids is 6.